The molecule has 26 heavy (non-hydrogen) atoms. The molecule has 4 nitrogen and oxygen atoms in total. The van der Waals surface area contributed by atoms with Gasteiger partial charge in [0.15, 0.2) is 0 Å². The molecule has 0 saturated carbocycles. The predicted octanol–water partition coefficient (Wildman–Crippen LogP) is 3.40. The quantitative estimate of drug-likeness (QED) is 0.600. The van der Waals surface area contributed by atoms with E-state index in [1.165, 1.54) is 11.3 Å². The first-order chi connectivity index (χ1) is 12.7. The van der Waals surface area contributed by atoms with Gasteiger partial charge >= 0.3 is 0 Å². The highest BCUT2D eigenvalue weighted by atomic mass is 32.1. The van der Waals surface area contributed by atoms with Gasteiger partial charge in [-0.25, -0.2) is 0 Å². The first kappa shape index (κ1) is 18.7. The zero-order valence-corrected chi connectivity index (χ0v) is 16.2. The van der Waals surface area contributed by atoms with E-state index in [9.17, 15) is 4.79 Å². The highest BCUT2D eigenvalue weighted by Gasteiger charge is 2.16. The Morgan fingerprint density at radius 2 is 2.04 bits per heavy atom. The second-order valence-electron chi connectivity index (χ2n) is 6.66. The number of hydrogen-bond donors (Lipinski definition) is 1. The molecule has 1 aliphatic heterocycles. The van der Waals surface area contributed by atoms with Crippen LogP contribution >= 0.6 is 11.3 Å². The van der Waals surface area contributed by atoms with Gasteiger partial charge in [0, 0.05) is 49.4 Å². The van der Waals surface area contributed by atoms with Crippen molar-refractivity contribution in [3.8, 4) is 0 Å². The number of benzene rings is 1. The van der Waals surface area contributed by atoms with Gasteiger partial charge < -0.3 is 10.2 Å². The highest BCUT2D eigenvalue weighted by Crippen LogP contribution is 2.17. The van der Waals surface area contributed by atoms with Crippen LogP contribution in [0.3, 0.4) is 0 Å². The van der Waals surface area contributed by atoms with E-state index in [1.807, 2.05) is 23.6 Å². The van der Waals surface area contributed by atoms with Crippen molar-refractivity contribution in [3.05, 3.63) is 58.3 Å². The maximum Gasteiger partial charge on any atom is 0.244 e. The van der Waals surface area contributed by atoms with Crippen molar-refractivity contribution in [3.63, 3.8) is 0 Å². The number of amides is 1. The van der Waals surface area contributed by atoms with Crippen LogP contribution in [0.4, 0.5) is 5.69 Å². The van der Waals surface area contributed by atoms with E-state index in [-0.39, 0.29) is 5.91 Å². The van der Waals surface area contributed by atoms with Gasteiger partial charge in [0.1, 0.15) is 0 Å². The summed E-state index contributed by atoms with van der Waals surface area (Å²) >= 11 is 1.63. The van der Waals surface area contributed by atoms with E-state index >= 15 is 0 Å². The van der Waals surface area contributed by atoms with Crippen LogP contribution in [0.15, 0.2) is 47.9 Å². The lowest BCUT2D eigenvalue weighted by Gasteiger charge is -2.36. The van der Waals surface area contributed by atoms with Crippen LogP contribution in [-0.2, 0) is 4.79 Å². The third-order valence-electron chi connectivity index (χ3n) is 4.63. The Kier molecular flexibility index (Phi) is 6.86. The number of carbonyl (C=O) groups excluding carboxylic acids is 1. The second-order valence-corrected chi connectivity index (χ2v) is 7.64. The van der Waals surface area contributed by atoms with Gasteiger partial charge in [0.05, 0.1) is 0 Å². The number of anilines is 1. The van der Waals surface area contributed by atoms with Gasteiger partial charge in [0.2, 0.25) is 5.91 Å². The number of aryl methyl sites for hydroxylation is 1. The minimum Gasteiger partial charge on any atom is -0.369 e. The van der Waals surface area contributed by atoms with Crippen molar-refractivity contribution in [1.82, 2.24) is 10.2 Å². The Labute approximate surface area is 160 Å². The molecule has 1 N–H and O–H groups in total. The summed E-state index contributed by atoms with van der Waals surface area (Å²) in [5.74, 6) is -0.0114. The maximum atomic E-state index is 11.8. The summed E-state index contributed by atoms with van der Waals surface area (Å²) in [5.41, 5.74) is 2.64. The Morgan fingerprint density at radius 1 is 1.19 bits per heavy atom. The third kappa shape index (κ3) is 5.71. The monoisotopic (exact) mass is 369 g/mol. The molecule has 1 saturated heterocycles. The first-order valence-electron chi connectivity index (χ1n) is 9.24. The largest absolute Gasteiger partial charge is 0.369 e. The molecule has 2 heterocycles. The highest BCUT2D eigenvalue weighted by molar-refractivity contribution is 7.10. The lowest BCUT2D eigenvalue weighted by molar-refractivity contribution is -0.116. The third-order valence-corrected chi connectivity index (χ3v) is 5.47. The fourth-order valence-corrected chi connectivity index (χ4v) is 3.79. The van der Waals surface area contributed by atoms with Crippen molar-refractivity contribution in [2.75, 3.05) is 44.2 Å². The molecule has 0 bridgehead atoms. The van der Waals surface area contributed by atoms with Gasteiger partial charge in [-0.3, -0.25) is 9.69 Å². The Balaban J connectivity index is 1.31. The fourth-order valence-electron chi connectivity index (χ4n) is 3.17. The first-order valence-corrected chi connectivity index (χ1v) is 10.1. The zero-order valence-electron chi connectivity index (χ0n) is 15.4. The summed E-state index contributed by atoms with van der Waals surface area (Å²) < 4.78 is 0. The van der Waals surface area contributed by atoms with Crippen molar-refractivity contribution in [2.45, 2.75) is 13.3 Å². The number of hydrogen-bond acceptors (Lipinski definition) is 4. The molecule has 0 unspecified atom stereocenters. The van der Waals surface area contributed by atoms with Crippen LogP contribution in [0, 0.1) is 6.92 Å². The number of thiophene rings is 1. The molecular formula is C21H27N3OS. The molecule has 3 rings (SSSR count). The average molecular weight is 370 g/mol. The summed E-state index contributed by atoms with van der Waals surface area (Å²) in [7, 11) is 0. The van der Waals surface area contributed by atoms with Crippen molar-refractivity contribution in [2.24, 2.45) is 0 Å². The molecule has 1 fully saturated rings. The predicted molar refractivity (Wildman–Crippen MR) is 111 cm³/mol. The molecule has 0 spiro atoms. The normalized spacial score (nSPS) is 15.5. The number of piperazine rings is 1. The maximum absolute atomic E-state index is 11.8. The molecule has 1 aromatic carbocycles. The Bertz CT molecular complexity index is 719. The lowest BCUT2D eigenvalue weighted by Crippen LogP contribution is -2.47. The molecular weight excluding hydrogens is 342 g/mol. The minimum atomic E-state index is -0.0114. The van der Waals surface area contributed by atoms with Crippen LogP contribution in [0.5, 0.6) is 0 Å². The van der Waals surface area contributed by atoms with Crippen molar-refractivity contribution in [1.29, 1.82) is 0 Å². The van der Waals surface area contributed by atoms with Gasteiger partial charge in [-0.2, -0.15) is 0 Å². The second kappa shape index (κ2) is 9.55. The van der Waals surface area contributed by atoms with Crippen LogP contribution in [0.25, 0.3) is 6.08 Å². The van der Waals surface area contributed by atoms with Crippen LogP contribution < -0.4 is 10.2 Å². The molecule has 5 heteroatoms. The molecule has 0 radical (unpaired) electrons. The van der Waals surface area contributed by atoms with E-state index in [0.717, 1.165) is 50.6 Å². The Hall–Kier alpha value is -2.11. The molecule has 138 valence electrons. The number of nitrogens with zero attached hydrogens (tertiary/aromatic N) is 2. The van der Waals surface area contributed by atoms with Gasteiger partial charge in [0.25, 0.3) is 0 Å². The lowest BCUT2D eigenvalue weighted by atomic mass is 10.2. The summed E-state index contributed by atoms with van der Waals surface area (Å²) in [4.78, 5) is 17.9. The smallest absolute Gasteiger partial charge is 0.244 e. The fraction of sp³-hybridized carbons (Fsp3) is 0.381. The molecule has 1 amide bonds. The SMILES string of the molecule is Cc1cccc(N2CCN(CCCNC(=O)/C=C/c3cccs3)CC2)c1. The standard InChI is InChI=1S/C21H27N3OS/c1-18-5-2-6-19(17-18)24-14-12-23(13-15-24)11-4-10-22-21(25)9-8-20-7-3-16-26-20/h2-3,5-9,16-17H,4,10-15H2,1H3,(H,22,25)/b9-8+. The number of nitrogens with one attached hydrogen (secondary N) is 1. The van der Waals surface area contributed by atoms with E-state index in [4.69, 9.17) is 0 Å². The van der Waals surface area contributed by atoms with Crippen LogP contribution in [0.2, 0.25) is 0 Å². The molecule has 1 aliphatic rings. The van der Waals surface area contributed by atoms with E-state index in [1.54, 1.807) is 17.4 Å². The van der Waals surface area contributed by atoms with E-state index in [0.29, 0.717) is 0 Å². The number of rotatable bonds is 7. The summed E-state index contributed by atoms with van der Waals surface area (Å²) in [5, 5.41) is 4.98. The number of carbonyl (C=O) groups is 1. The molecule has 1 aromatic heterocycles. The average Bonchev–Trinajstić information content (AvgIpc) is 3.18. The zero-order chi connectivity index (χ0) is 18.2. The van der Waals surface area contributed by atoms with Crippen molar-refractivity contribution < 1.29 is 4.79 Å². The molecule has 0 atom stereocenters. The summed E-state index contributed by atoms with van der Waals surface area (Å²) in [6, 6.07) is 12.7. The van der Waals surface area contributed by atoms with E-state index in [2.05, 4.69) is 46.3 Å². The molecule has 2 aromatic rings. The Morgan fingerprint density at radius 3 is 2.77 bits per heavy atom. The minimum absolute atomic E-state index is 0.0114. The topological polar surface area (TPSA) is 35.6 Å². The van der Waals surface area contributed by atoms with Crippen LogP contribution in [-0.4, -0.2) is 50.1 Å². The van der Waals surface area contributed by atoms with Gasteiger partial charge in [-0.15, -0.1) is 11.3 Å². The van der Waals surface area contributed by atoms with Gasteiger partial charge in [-0.1, -0.05) is 18.2 Å². The summed E-state index contributed by atoms with van der Waals surface area (Å²) in [6.07, 6.45) is 4.47. The van der Waals surface area contributed by atoms with Gasteiger partial charge in [-0.05, 0) is 55.1 Å². The summed E-state index contributed by atoms with van der Waals surface area (Å²) in [6.45, 7) is 8.21. The van der Waals surface area contributed by atoms with Crippen molar-refractivity contribution >= 4 is 29.0 Å². The molecule has 0 aliphatic carbocycles. The van der Waals surface area contributed by atoms with Crippen LogP contribution in [0.1, 0.15) is 16.9 Å². The van der Waals surface area contributed by atoms with E-state index < -0.39 is 0 Å².